The molecule has 0 saturated heterocycles. The van der Waals surface area contributed by atoms with Crippen LogP contribution in [0.2, 0.25) is 0 Å². The molecule has 2 atom stereocenters. The second kappa shape index (κ2) is 7.97. The smallest absolute Gasteiger partial charge is 0.407 e. The number of rotatable bonds is 8. The predicted octanol–water partition coefficient (Wildman–Crippen LogP) is 3.14. The first kappa shape index (κ1) is 20.5. The lowest BCUT2D eigenvalue weighted by molar-refractivity contribution is -0.143. The number of alkyl carbamates (subject to hydrolysis) is 1. The molecule has 0 unspecified atom stereocenters. The van der Waals surface area contributed by atoms with Gasteiger partial charge in [-0.15, -0.1) is 0 Å². The van der Waals surface area contributed by atoms with E-state index in [-0.39, 0.29) is 36.8 Å². The number of carboxylic acids is 1. The number of fused-ring (bicyclic) bond motifs is 3. The van der Waals surface area contributed by atoms with E-state index in [2.05, 4.69) is 34.9 Å². The van der Waals surface area contributed by atoms with E-state index in [4.69, 9.17) is 4.74 Å². The van der Waals surface area contributed by atoms with E-state index in [0.29, 0.717) is 25.8 Å². The first-order chi connectivity index (χ1) is 15.5. The summed E-state index contributed by atoms with van der Waals surface area (Å²) in [4.78, 5) is 35.7. The lowest BCUT2D eigenvalue weighted by Gasteiger charge is -2.14. The number of nitrogens with one attached hydrogen (secondary N) is 2. The number of aliphatic carboxylic acids is 1. The number of amides is 2. The van der Waals surface area contributed by atoms with Crippen LogP contribution < -0.4 is 10.6 Å². The maximum Gasteiger partial charge on any atom is 0.407 e. The summed E-state index contributed by atoms with van der Waals surface area (Å²) in [6.45, 7) is 0.814. The third kappa shape index (κ3) is 3.83. The topological polar surface area (TPSA) is 105 Å². The van der Waals surface area contributed by atoms with Crippen LogP contribution in [0.5, 0.6) is 0 Å². The molecular weight excluding hydrogens is 408 g/mol. The summed E-state index contributed by atoms with van der Waals surface area (Å²) in [7, 11) is 0. The van der Waals surface area contributed by atoms with Gasteiger partial charge in [-0.1, -0.05) is 48.5 Å². The molecule has 32 heavy (non-hydrogen) atoms. The largest absolute Gasteiger partial charge is 0.481 e. The van der Waals surface area contributed by atoms with E-state index in [1.165, 1.54) is 11.1 Å². The predicted molar refractivity (Wildman–Crippen MR) is 117 cm³/mol. The molecule has 2 aromatic rings. The standard InChI is InChI=1S/C25H26N2O5/c28-22(27-14-25(9-10-25)23(29)30)20-11-15(20)12-26-24(31)32-13-21-18-7-3-1-5-16(18)17-6-2-4-8-19(17)21/h1-8,15,20-21H,9-14H2,(H,26,31)(H,27,28)(H,29,30)/t15-,20-/m0/s1. The van der Waals surface area contributed by atoms with E-state index in [1.54, 1.807) is 0 Å². The van der Waals surface area contributed by atoms with Gasteiger partial charge in [-0.25, -0.2) is 4.79 Å². The highest BCUT2D eigenvalue weighted by Gasteiger charge is 2.51. The van der Waals surface area contributed by atoms with E-state index >= 15 is 0 Å². The van der Waals surface area contributed by atoms with Crippen molar-refractivity contribution in [3.8, 4) is 11.1 Å². The quantitative estimate of drug-likeness (QED) is 0.592. The van der Waals surface area contributed by atoms with Crippen molar-refractivity contribution in [3.63, 3.8) is 0 Å². The third-order valence-electron chi connectivity index (χ3n) is 7.02. The van der Waals surface area contributed by atoms with Crippen LogP contribution in [0.4, 0.5) is 4.79 Å². The Morgan fingerprint density at radius 2 is 1.59 bits per heavy atom. The Morgan fingerprint density at radius 1 is 0.969 bits per heavy atom. The molecule has 0 heterocycles. The number of ether oxygens (including phenoxy) is 1. The Hall–Kier alpha value is -3.35. The van der Waals surface area contributed by atoms with Crippen molar-refractivity contribution in [2.45, 2.75) is 25.2 Å². The molecule has 166 valence electrons. The second-order valence-corrected chi connectivity index (χ2v) is 9.11. The van der Waals surface area contributed by atoms with E-state index in [0.717, 1.165) is 11.1 Å². The van der Waals surface area contributed by atoms with Crippen molar-refractivity contribution in [2.24, 2.45) is 17.3 Å². The first-order valence-electron chi connectivity index (χ1n) is 11.1. The monoisotopic (exact) mass is 434 g/mol. The minimum absolute atomic E-state index is 0.0107. The first-order valence-corrected chi connectivity index (χ1v) is 11.1. The van der Waals surface area contributed by atoms with Crippen LogP contribution in [0.3, 0.4) is 0 Å². The van der Waals surface area contributed by atoms with E-state index in [9.17, 15) is 19.5 Å². The molecule has 2 fully saturated rings. The Kier molecular flexibility index (Phi) is 5.12. The van der Waals surface area contributed by atoms with Gasteiger partial charge >= 0.3 is 12.1 Å². The SMILES string of the molecule is O=C(NC[C@@H]1C[C@@H]1C(=O)NCC1(C(=O)O)CC1)OCC1c2ccccc2-c2ccccc21. The average Bonchev–Trinajstić information content (AvgIpc) is 3.72. The average molecular weight is 434 g/mol. The van der Waals surface area contributed by atoms with Gasteiger partial charge in [0.1, 0.15) is 6.61 Å². The highest BCUT2D eigenvalue weighted by Crippen LogP contribution is 2.46. The fraction of sp³-hybridized carbons (Fsp3) is 0.400. The van der Waals surface area contributed by atoms with Crippen molar-refractivity contribution >= 4 is 18.0 Å². The van der Waals surface area contributed by atoms with Crippen LogP contribution >= 0.6 is 0 Å². The number of hydrogen-bond acceptors (Lipinski definition) is 4. The number of benzene rings is 2. The summed E-state index contributed by atoms with van der Waals surface area (Å²) in [6.07, 6.45) is 1.43. The minimum atomic E-state index is -0.845. The van der Waals surface area contributed by atoms with Crippen molar-refractivity contribution in [1.29, 1.82) is 0 Å². The number of carbonyl (C=O) groups is 3. The van der Waals surface area contributed by atoms with Crippen molar-refractivity contribution in [3.05, 3.63) is 59.7 Å². The van der Waals surface area contributed by atoms with Gasteiger partial charge in [-0.3, -0.25) is 9.59 Å². The molecule has 3 N–H and O–H groups in total. The van der Waals surface area contributed by atoms with Crippen molar-refractivity contribution in [2.75, 3.05) is 19.7 Å². The molecule has 7 nitrogen and oxygen atoms in total. The molecule has 7 heteroatoms. The molecule has 3 aliphatic rings. The summed E-state index contributed by atoms with van der Waals surface area (Å²) in [5, 5.41) is 14.7. The summed E-state index contributed by atoms with van der Waals surface area (Å²) in [6, 6.07) is 16.4. The second-order valence-electron chi connectivity index (χ2n) is 9.11. The molecule has 0 spiro atoms. The maximum atomic E-state index is 12.3. The summed E-state index contributed by atoms with van der Waals surface area (Å²) < 4.78 is 5.52. The zero-order chi connectivity index (χ0) is 22.3. The van der Waals surface area contributed by atoms with Crippen LogP contribution in [0.15, 0.2) is 48.5 Å². The third-order valence-corrected chi connectivity index (χ3v) is 7.02. The summed E-state index contributed by atoms with van der Waals surface area (Å²) in [5.41, 5.74) is 3.92. The van der Waals surface area contributed by atoms with E-state index < -0.39 is 17.5 Å². The van der Waals surface area contributed by atoms with Gasteiger partial charge in [0.25, 0.3) is 0 Å². The number of carbonyl (C=O) groups excluding carboxylic acids is 2. The van der Waals surface area contributed by atoms with Crippen LogP contribution in [-0.4, -0.2) is 42.8 Å². The lowest BCUT2D eigenvalue weighted by atomic mass is 9.98. The molecule has 5 rings (SSSR count). The summed E-state index contributed by atoms with van der Waals surface area (Å²) >= 11 is 0. The highest BCUT2D eigenvalue weighted by atomic mass is 16.5. The van der Waals surface area contributed by atoms with Gasteiger partial charge < -0.3 is 20.5 Å². The van der Waals surface area contributed by atoms with Gasteiger partial charge in [-0.05, 0) is 47.4 Å². The van der Waals surface area contributed by atoms with Gasteiger partial charge in [0.05, 0.1) is 5.41 Å². The minimum Gasteiger partial charge on any atom is -0.481 e. The van der Waals surface area contributed by atoms with Gasteiger partial charge in [0.15, 0.2) is 0 Å². The zero-order valence-electron chi connectivity index (χ0n) is 17.7. The molecule has 2 aromatic carbocycles. The Labute approximate surface area is 186 Å². The van der Waals surface area contributed by atoms with Crippen LogP contribution in [-0.2, 0) is 14.3 Å². The highest BCUT2D eigenvalue weighted by molar-refractivity contribution is 5.84. The Balaban J connectivity index is 1.08. The molecule has 0 aliphatic heterocycles. The molecule has 0 bridgehead atoms. The van der Waals surface area contributed by atoms with Gasteiger partial charge in [0, 0.05) is 24.9 Å². The number of carboxylic acid groups (broad SMARTS) is 1. The molecule has 3 aliphatic carbocycles. The lowest BCUT2D eigenvalue weighted by Crippen LogP contribution is -2.36. The van der Waals surface area contributed by atoms with Crippen LogP contribution in [0.1, 0.15) is 36.3 Å². The zero-order valence-corrected chi connectivity index (χ0v) is 17.7. The van der Waals surface area contributed by atoms with Gasteiger partial charge in [-0.2, -0.15) is 0 Å². The summed E-state index contributed by atoms with van der Waals surface area (Å²) in [5.74, 6) is -1.07. The van der Waals surface area contributed by atoms with Crippen LogP contribution in [0.25, 0.3) is 11.1 Å². The fourth-order valence-corrected chi connectivity index (χ4v) is 4.66. The van der Waals surface area contributed by atoms with E-state index in [1.807, 2.05) is 24.3 Å². The molecular formula is C25H26N2O5. The normalized spacial score (nSPS) is 21.8. The number of hydrogen-bond donors (Lipinski definition) is 3. The Morgan fingerprint density at radius 3 is 2.19 bits per heavy atom. The van der Waals surface area contributed by atoms with Crippen LogP contribution in [0, 0.1) is 17.3 Å². The maximum absolute atomic E-state index is 12.3. The molecule has 2 saturated carbocycles. The molecule has 0 radical (unpaired) electrons. The molecule has 0 aromatic heterocycles. The van der Waals surface area contributed by atoms with Crippen molar-refractivity contribution in [1.82, 2.24) is 10.6 Å². The molecule has 2 amide bonds. The van der Waals surface area contributed by atoms with Gasteiger partial charge in [0.2, 0.25) is 5.91 Å². The van der Waals surface area contributed by atoms with Crippen molar-refractivity contribution < 1.29 is 24.2 Å². The Bertz CT molecular complexity index is 1030. The fourth-order valence-electron chi connectivity index (χ4n) is 4.66.